The Morgan fingerprint density at radius 1 is 1.11 bits per heavy atom. The zero-order chi connectivity index (χ0) is 14.4. The highest BCUT2D eigenvalue weighted by Gasteiger charge is 2.16. The van der Waals surface area contributed by atoms with Crippen LogP contribution in [0.25, 0.3) is 0 Å². The first-order valence-electron chi connectivity index (χ1n) is 6.43. The second kappa shape index (κ2) is 6.92. The third kappa shape index (κ3) is 4.39. The molecular weight excluding hydrogens is 244 g/mol. The van der Waals surface area contributed by atoms with Crippen LogP contribution in [0.3, 0.4) is 0 Å². The number of esters is 2. The minimum atomic E-state index is -0.436. The van der Waals surface area contributed by atoms with Gasteiger partial charge in [0, 0.05) is 0 Å². The fourth-order valence-corrected chi connectivity index (χ4v) is 1.36. The third-order valence-electron chi connectivity index (χ3n) is 2.84. The van der Waals surface area contributed by atoms with Gasteiger partial charge in [-0.25, -0.2) is 9.59 Å². The molecule has 104 valence electrons. The first kappa shape index (κ1) is 15.2. The Labute approximate surface area is 113 Å². The van der Waals surface area contributed by atoms with E-state index in [1.807, 2.05) is 20.8 Å². The van der Waals surface area contributed by atoms with Crippen LogP contribution in [-0.4, -0.2) is 24.6 Å². The lowest BCUT2D eigenvalue weighted by Gasteiger charge is -2.16. The van der Waals surface area contributed by atoms with Crippen LogP contribution >= 0.6 is 0 Å². The second-order valence-corrected chi connectivity index (χ2v) is 4.66. The van der Waals surface area contributed by atoms with Gasteiger partial charge in [-0.1, -0.05) is 19.9 Å². The molecule has 4 heteroatoms. The molecular formula is C15H20O4. The van der Waals surface area contributed by atoms with Crippen molar-refractivity contribution < 1.29 is 19.1 Å². The second-order valence-electron chi connectivity index (χ2n) is 4.66. The molecule has 1 atom stereocenters. The molecule has 0 N–H and O–H groups in total. The molecule has 0 spiro atoms. The Balaban J connectivity index is 2.81. The summed E-state index contributed by atoms with van der Waals surface area (Å²) in [7, 11) is 0. The van der Waals surface area contributed by atoms with Crippen molar-refractivity contribution in [2.45, 2.75) is 33.8 Å². The summed E-state index contributed by atoms with van der Waals surface area (Å²) in [4.78, 5) is 23.5. The van der Waals surface area contributed by atoms with Gasteiger partial charge >= 0.3 is 11.9 Å². The van der Waals surface area contributed by atoms with Gasteiger partial charge in [-0.2, -0.15) is 0 Å². The Kier molecular flexibility index (Phi) is 5.55. The maximum absolute atomic E-state index is 11.9. The number of ether oxygens (including phenoxy) is 2. The topological polar surface area (TPSA) is 52.6 Å². The summed E-state index contributed by atoms with van der Waals surface area (Å²) >= 11 is 0. The van der Waals surface area contributed by atoms with E-state index in [0.717, 1.165) is 0 Å². The number of hydrogen-bond donors (Lipinski definition) is 0. The Bertz CT molecular complexity index is 451. The third-order valence-corrected chi connectivity index (χ3v) is 2.84. The highest BCUT2D eigenvalue weighted by Crippen LogP contribution is 2.12. The summed E-state index contributed by atoms with van der Waals surface area (Å²) in [6, 6.07) is 6.37. The number of hydrogen-bond acceptors (Lipinski definition) is 4. The van der Waals surface area contributed by atoms with Crippen molar-refractivity contribution in [1.82, 2.24) is 0 Å². The van der Waals surface area contributed by atoms with Gasteiger partial charge in [-0.15, -0.1) is 0 Å². The molecule has 0 bridgehead atoms. The molecule has 0 fully saturated rings. The van der Waals surface area contributed by atoms with Gasteiger partial charge in [0.05, 0.1) is 17.7 Å². The molecule has 0 amide bonds. The van der Waals surface area contributed by atoms with Crippen molar-refractivity contribution in [1.29, 1.82) is 0 Å². The molecule has 0 heterocycles. The molecule has 4 nitrogen and oxygen atoms in total. The van der Waals surface area contributed by atoms with Crippen molar-refractivity contribution in [3.8, 4) is 0 Å². The van der Waals surface area contributed by atoms with Gasteiger partial charge in [0.15, 0.2) is 0 Å². The molecule has 0 aliphatic heterocycles. The molecule has 19 heavy (non-hydrogen) atoms. The largest absolute Gasteiger partial charge is 0.462 e. The molecule has 0 radical (unpaired) electrons. The van der Waals surface area contributed by atoms with E-state index in [2.05, 4.69) is 0 Å². The summed E-state index contributed by atoms with van der Waals surface area (Å²) in [6.45, 7) is 7.84. The summed E-state index contributed by atoms with van der Waals surface area (Å²) in [5.74, 6) is -0.612. The maximum Gasteiger partial charge on any atom is 0.338 e. The molecule has 0 aromatic heterocycles. The highest BCUT2D eigenvalue weighted by atomic mass is 16.5. The summed E-state index contributed by atoms with van der Waals surface area (Å²) in [5, 5.41) is 0. The maximum atomic E-state index is 11.9. The molecule has 0 saturated heterocycles. The normalized spacial score (nSPS) is 12.1. The van der Waals surface area contributed by atoms with Gasteiger partial charge in [0.2, 0.25) is 0 Å². The zero-order valence-electron chi connectivity index (χ0n) is 11.8. The van der Waals surface area contributed by atoms with E-state index in [1.165, 1.54) is 6.07 Å². The lowest BCUT2D eigenvalue weighted by molar-refractivity contribution is 0.0238. The van der Waals surface area contributed by atoms with E-state index in [4.69, 9.17) is 9.47 Å². The van der Waals surface area contributed by atoms with Crippen molar-refractivity contribution in [2.75, 3.05) is 6.61 Å². The SMILES string of the molecule is CCOC(=O)c1cccc(C(=O)OC(C)C(C)C)c1. The predicted octanol–water partition coefficient (Wildman–Crippen LogP) is 3.06. The smallest absolute Gasteiger partial charge is 0.338 e. The van der Waals surface area contributed by atoms with E-state index in [-0.39, 0.29) is 12.0 Å². The van der Waals surface area contributed by atoms with Gasteiger partial charge in [0.25, 0.3) is 0 Å². The highest BCUT2D eigenvalue weighted by molar-refractivity contribution is 5.95. The number of carbonyl (C=O) groups excluding carboxylic acids is 2. The van der Waals surface area contributed by atoms with Crippen molar-refractivity contribution >= 4 is 11.9 Å². The van der Waals surface area contributed by atoms with Gasteiger partial charge < -0.3 is 9.47 Å². The van der Waals surface area contributed by atoms with E-state index >= 15 is 0 Å². The summed E-state index contributed by atoms with van der Waals surface area (Å²) < 4.78 is 10.2. The first-order chi connectivity index (χ1) is 8.95. The minimum absolute atomic E-state index is 0.168. The van der Waals surface area contributed by atoms with Gasteiger partial charge in [-0.05, 0) is 38.0 Å². The Hall–Kier alpha value is -1.84. The van der Waals surface area contributed by atoms with Crippen LogP contribution in [-0.2, 0) is 9.47 Å². The molecule has 1 aromatic rings. The quantitative estimate of drug-likeness (QED) is 0.767. The first-order valence-corrected chi connectivity index (χ1v) is 6.43. The Morgan fingerprint density at radius 2 is 1.68 bits per heavy atom. The van der Waals surface area contributed by atoms with Crippen molar-refractivity contribution in [2.24, 2.45) is 5.92 Å². The van der Waals surface area contributed by atoms with E-state index in [1.54, 1.807) is 25.1 Å². The standard InChI is InChI=1S/C15H20O4/c1-5-18-14(16)12-7-6-8-13(9-12)15(17)19-11(4)10(2)3/h6-11H,5H2,1-4H3. The van der Waals surface area contributed by atoms with Crippen LogP contribution in [0.4, 0.5) is 0 Å². The van der Waals surface area contributed by atoms with Crippen molar-refractivity contribution in [3.63, 3.8) is 0 Å². The molecule has 1 aromatic carbocycles. The van der Waals surface area contributed by atoms with E-state index < -0.39 is 11.9 Å². The number of rotatable bonds is 5. The monoisotopic (exact) mass is 264 g/mol. The lowest BCUT2D eigenvalue weighted by atomic mass is 10.1. The molecule has 1 rings (SSSR count). The van der Waals surface area contributed by atoms with Crippen LogP contribution in [0.2, 0.25) is 0 Å². The van der Waals surface area contributed by atoms with Crippen LogP contribution in [0, 0.1) is 5.92 Å². The average Bonchev–Trinajstić information content (AvgIpc) is 2.39. The molecule has 0 saturated carbocycles. The van der Waals surface area contributed by atoms with Crippen molar-refractivity contribution in [3.05, 3.63) is 35.4 Å². The van der Waals surface area contributed by atoms with Crippen LogP contribution in [0.5, 0.6) is 0 Å². The van der Waals surface area contributed by atoms with Gasteiger partial charge in [-0.3, -0.25) is 0 Å². The summed E-state index contributed by atoms with van der Waals surface area (Å²) in [5.41, 5.74) is 0.714. The Morgan fingerprint density at radius 3 is 2.21 bits per heavy atom. The predicted molar refractivity (Wildman–Crippen MR) is 72.1 cm³/mol. The van der Waals surface area contributed by atoms with Gasteiger partial charge in [0.1, 0.15) is 6.10 Å². The molecule has 1 unspecified atom stereocenters. The van der Waals surface area contributed by atoms with E-state index in [9.17, 15) is 9.59 Å². The van der Waals surface area contributed by atoms with Crippen LogP contribution < -0.4 is 0 Å². The molecule has 0 aliphatic rings. The fourth-order valence-electron chi connectivity index (χ4n) is 1.36. The zero-order valence-corrected chi connectivity index (χ0v) is 11.8. The fraction of sp³-hybridized carbons (Fsp3) is 0.467. The molecule has 0 aliphatic carbocycles. The lowest BCUT2D eigenvalue weighted by Crippen LogP contribution is -2.20. The van der Waals surface area contributed by atoms with Crippen LogP contribution in [0.15, 0.2) is 24.3 Å². The summed E-state index contributed by atoms with van der Waals surface area (Å²) in [6.07, 6.45) is -0.168. The minimum Gasteiger partial charge on any atom is -0.462 e. The average molecular weight is 264 g/mol. The number of benzene rings is 1. The number of carbonyl (C=O) groups is 2. The van der Waals surface area contributed by atoms with Crippen LogP contribution in [0.1, 0.15) is 48.4 Å². The van der Waals surface area contributed by atoms with E-state index in [0.29, 0.717) is 17.7 Å².